The molecule has 1 aromatic heterocycles. The first kappa shape index (κ1) is 17.4. The van der Waals surface area contributed by atoms with Crippen molar-refractivity contribution in [3.05, 3.63) is 18.3 Å². The number of pyridine rings is 1. The van der Waals surface area contributed by atoms with E-state index in [0.29, 0.717) is 5.82 Å². The molecule has 0 radical (unpaired) electrons. The Balaban J connectivity index is 2.05. The van der Waals surface area contributed by atoms with Crippen molar-refractivity contribution in [2.24, 2.45) is 0 Å². The van der Waals surface area contributed by atoms with Gasteiger partial charge in [0.15, 0.2) is 0 Å². The number of amides is 1. The second kappa shape index (κ2) is 6.64. The number of carbonyl (C=O) groups is 1. The van der Waals surface area contributed by atoms with Crippen LogP contribution in [0.3, 0.4) is 0 Å². The quantitative estimate of drug-likeness (QED) is 0.927. The normalized spacial score (nSPS) is 21.3. The van der Waals surface area contributed by atoms with Crippen LogP contribution in [0.25, 0.3) is 0 Å². The van der Waals surface area contributed by atoms with E-state index in [1.165, 1.54) is 0 Å². The Labute approximate surface area is 138 Å². The van der Waals surface area contributed by atoms with E-state index >= 15 is 0 Å². The Morgan fingerprint density at radius 2 is 2.13 bits per heavy atom. The van der Waals surface area contributed by atoms with E-state index in [1.807, 2.05) is 38.8 Å². The number of hydrogen-bond donors (Lipinski definition) is 1. The summed E-state index contributed by atoms with van der Waals surface area (Å²) >= 11 is 0. The van der Waals surface area contributed by atoms with Crippen LogP contribution in [-0.2, 0) is 4.74 Å². The zero-order valence-corrected chi connectivity index (χ0v) is 14.7. The molecule has 0 aromatic carbocycles. The van der Waals surface area contributed by atoms with E-state index < -0.39 is 5.60 Å². The molecular formula is C17H28N4O2. The molecule has 6 heteroatoms. The second-order valence-electron chi connectivity index (χ2n) is 7.29. The maximum Gasteiger partial charge on any atom is 0.410 e. The fourth-order valence-electron chi connectivity index (χ4n) is 2.94. The zero-order valence-electron chi connectivity index (χ0n) is 14.7. The molecule has 0 saturated carbocycles. The van der Waals surface area contributed by atoms with Crippen molar-refractivity contribution in [3.63, 3.8) is 0 Å². The van der Waals surface area contributed by atoms with E-state index in [9.17, 15) is 4.79 Å². The van der Waals surface area contributed by atoms with Crippen LogP contribution in [0.1, 0.15) is 40.5 Å². The third-order valence-corrected chi connectivity index (χ3v) is 4.09. The number of nitrogen functional groups attached to an aromatic ring is 1. The molecule has 2 unspecified atom stereocenters. The smallest absolute Gasteiger partial charge is 0.410 e. The summed E-state index contributed by atoms with van der Waals surface area (Å²) in [5, 5.41) is 0. The average molecular weight is 320 g/mol. The molecule has 0 spiro atoms. The second-order valence-corrected chi connectivity index (χ2v) is 7.29. The topological polar surface area (TPSA) is 71.7 Å². The highest BCUT2D eigenvalue weighted by atomic mass is 16.6. The van der Waals surface area contributed by atoms with Crippen molar-refractivity contribution >= 4 is 17.6 Å². The Kier molecular flexibility index (Phi) is 5.02. The van der Waals surface area contributed by atoms with Gasteiger partial charge in [-0.3, -0.25) is 0 Å². The van der Waals surface area contributed by atoms with Gasteiger partial charge in [0, 0.05) is 19.6 Å². The molecule has 6 nitrogen and oxygen atoms in total. The molecule has 128 valence electrons. The number of anilines is 2. The Morgan fingerprint density at radius 3 is 2.70 bits per heavy atom. The van der Waals surface area contributed by atoms with Gasteiger partial charge < -0.3 is 20.3 Å². The van der Waals surface area contributed by atoms with Crippen LogP contribution in [0.5, 0.6) is 0 Å². The number of hydrogen-bond acceptors (Lipinski definition) is 5. The molecule has 1 saturated heterocycles. The van der Waals surface area contributed by atoms with Crippen molar-refractivity contribution < 1.29 is 9.53 Å². The van der Waals surface area contributed by atoms with Gasteiger partial charge >= 0.3 is 6.09 Å². The number of ether oxygens (including phenoxy) is 1. The minimum Gasteiger partial charge on any atom is -0.444 e. The first-order valence-electron chi connectivity index (χ1n) is 8.11. The third kappa shape index (κ3) is 4.50. The Morgan fingerprint density at radius 1 is 1.43 bits per heavy atom. The molecule has 2 atom stereocenters. The fraction of sp³-hybridized carbons (Fsp3) is 0.647. The van der Waals surface area contributed by atoms with Crippen LogP contribution < -0.4 is 10.6 Å². The van der Waals surface area contributed by atoms with Crippen LogP contribution in [0.2, 0.25) is 0 Å². The van der Waals surface area contributed by atoms with Gasteiger partial charge in [-0.15, -0.1) is 0 Å². The van der Waals surface area contributed by atoms with Crippen LogP contribution in [0, 0.1) is 0 Å². The van der Waals surface area contributed by atoms with Gasteiger partial charge in [-0.05, 0) is 52.7 Å². The van der Waals surface area contributed by atoms with E-state index in [-0.39, 0.29) is 18.2 Å². The molecule has 0 aliphatic carbocycles. The summed E-state index contributed by atoms with van der Waals surface area (Å²) in [5.74, 6) is 0.507. The van der Waals surface area contributed by atoms with Crippen LogP contribution in [0.4, 0.5) is 16.3 Å². The fourth-order valence-corrected chi connectivity index (χ4v) is 2.94. The molecule has 1 aromatic rings. The number of nitrogens with zero attached hydrogens (tertiary/aromatic N) is 3. The highest BCUT2D eigenvalue weighted by molar-refractivity contribution is 5.69. The van der Waals surface area contributed by atoms with Gasteiger partial charge in [-0.1, -0.05) is 0 Å². The predicted octanol–water partition coefficient (Wildman–Crippen LogP) is 2.89. The van der Waals surface area contributed by atoms with Crippen molar-refractivity contribution in [2.45, 2.75) is 58.2 Å². The van der Waals surface area contributed by atoms with Crippen molar-refractivity contribution in [2.75, 3.05) is 24.2 Å². The summed E-state index contributed by atoms with van der Waals surface area (Å²) in [7, 11) is 2.00. The van der Waals surface area contributed by atoms with E-state index in [4.69, 9.17) is 10.5 Å². The Hall–Kier alpha value is -1.98. The minimum atomic E-state index is -0.475. The molecule has 23 heavy (non-hydrogen) atoms. The van der Waals surface area contributed by atoms with Gasteiger partial charge in [-0.25, -0.2) is 9.78 Å². The molecule has 1 fully saturated rings. The minimum absolute atomic E-state index is 0.141. The lowest BCUT2D eigenvalue weighted by Gasteiger charge is -2.33. The predicted molar refractivity (Wildman–Crippen MR) is 92.5 cm³/mol. The number of likely N-dealkylation sites (N-methyl/N-ethyl adjacent to an activating group) is 1. The van der Waals surface area contributed by atoms with Gasteiger partial charge in [0.05, 0.1) is 17.9 Å². The number of likely N-dealkylation sites (tertiary alicyclic amines) is 1. The zero-order chi connectivity index (χ0) is 17.2. The van der Waals surface area contributed by atoms with Crippen LogP contribution in [0.15, 0.2) is 18.3 Å². The summed E-state index contributed by atoms with van der Waals surface area (Å²) in [6.45, 7) is 8.51. The van der Waals surface area contributed by atoms with E-state index in [2.05, 4.69) is 16.8 Å². The highest BCUT2D eigenvalue weighted by Crippen LogP contribution is 2.27. The highest BCUT2D eigenvalue weighted by Gasteiger charge is 2.37. The van der Waals surface area contributed by atoms with Gasteiger partial charge in [0.2, 0.25) is 0 Å². The SMILES string of the molecule is CC1CCC(CN(C)c2ccc(N)nc2)N1C(=O)OC(C)(C)C. The van der Waals surface area contributed by atoms with Crippen molar-refractivity contribution in [1.82, 2.24) is 9.88 Å². The summed E-state index contributed by atoms with van der Waals surface area (Å²) < 4.78 is 5.56. The summed E-state index contributed by atoms with van der Waals surface area (Å²) in [4.78, 5) is 20.6. The first-order chi connectivity index (χ1) is 10.7. The van der Waals surface area contributed by atoms with Gasteiger partial charge in [-0.2, -0.15) is 0 Å². The lowest BCUT2D eigenvalue weighted by molar-refractivity contribution is 0.0167. The van der Waals surface area contributed by atoms with Gasteiger partial charge in [0.1, 0.15) is 11.4 Å². The number of rotatable bonds is 3. The largest absolute Gasteiger partial charge is 0.444 e. The summed E-state index contributed by atoms with van der Waals surface area (Å²) in [6.07, 6.45) is 3.51. The van der Waals surface area contributed by atoms with Crippen molar-refractivity contribution in [3.8, 4) is 0 Å². The molecule has 1 amide bonds. The molecule has 2 N–H and O–H groups in total. The third-order valence-electron chi connectivity index (χ3n) is 4.09. The van der Waals surface area contributed by atoms with Crippen LogP contribution in [-0.4, -0.2) is 47.3 Å². The standard InChI is InChI=1S/C17H28N4O2/c1-12-6-7-14(21(12)16(22)23-17(2,3)4)11-20(5)13-8-9-15(18)19-10-13/h8-10,12,14H,6-7,11H2,1-5H3,(H2,18,19). The van der Waals surface area contributed by atoms with E-state index in [0.717, 1.165) is 25.1 Å². The molecule has 0 bridgehead atoms. The molecule has 1 aliphatic heterocycles. The first-order valence-corrected chi connectivity index (χ1v) is 8.11. The summed E-state index contributed by atoms with van der Waals surface area (Å²) in [5.41, 5.74) is 6.14. The van der Waals surface area contributed by atoms with E-state index in [1.54, 1.807) is 12.3 Å². The number of nitrogens with two attached hydrogens (primary N) is 1. The Bertz CT molecular complexity index is 539. The van der Waals surface area contributed by atoms with Gasteiger partial charge in [0.25, 0.3) is 0 Å². The molecule has 1 aliphatic rings. The molecular weight excluding hydrogens is 292 g/mol. The summed E-state index contributed by atoms with van der Waals surface area (Å²) in [6, 6.07) is 4.07. The monoisotopic (exact) mass is 320 g/mol. The lowest BCUT2D eigenvalue weighted by atomic mass is 10.2. The molecule has 2 heterocycles. The molecule has 2 rings (SSSR count). The number of aromatic nitrogens is 1. The maximum atomic E-state index is 12.5. The van der Waals surface area contributed by atoms with Crippen molar-refractivity contribution in [1.29, 1.82) is 0 Å². The number of carbonyl (C=O) groups excluding carboxylic acids is 1. The lowest BCUT2D eigenvalue weighted by Crippen LogP contribution is -2.47. The van der Waals surface area contributed by atoms with Crippen LogP contribution >= 0.6 is 0 Å². The average Bonchev–Trinajstić information content (AvgIpc) is 2.78. The maximum absolute atomic E-state index is 12.5.